The van der Waals surface area contributed by atoms with Crippen molar-refractivity contribution in [3.05, 3.63) is 24.7 Å². The Labute approximate surface area is 89.1 Å². The summed E-state index contributed by atoms with van der Waals surface area (Å²) in [5.74, 6) is 0. The van der Waals surface area contributed by atoms with E-state index >= 15 is 0 Å². The van der Waals surface area contributed by atoms with Gasteiger partial charge in [0.2, 0.25) is 0 Å². The van der Waals surface area contributed by atoms with E-state index in [2.05, 4.69) is 19.6 Å². The smallest absolute Gasteiger partial charge is 0.143 e. The average Bonchev–Trinajstić information content (AvgIpc) is 2.88. The number of H-pyrrole nitrogens is 1. The Morgan fingerprint density at radius 3 is 3.07 bits per heavy atom. The van der Waals surface area contributed by atoms with E-state index in [0.717, 1.165) is 21.5 Å². The number of fused-ring (bicyclic) bond motifs is 1. The van der Waals surface area contributed by atoms with Crippen LogP contribution in [-0.4, -0.2) is 19.6 Å². The SMILES string of the molecule is Nc1cc(-c2ncns2)cc2[nH]ncc12. The van der Waals surface area contributed by atoms with Gasteiger partial charge in [0.1, 0.15) is 11.3 Å². The van der Waals surface area contributed by atoms with Crippen LogP contribution in [0.4, 0.5) is 5.69 Å². The van der Waals surface area contributed by atoms with E-state index in [9.17, 15) is 0 Å². The lowest BCUT2D eigenvalue weighted by atomic mass is 10.1. The molecule has 0 radical (unpaired) electrons. The third-order valence-electron chi connectivity index (χ3n) is 2.20. The van der Waals surface area contributed by atoms with Gasteiger partial charge >= 0.3 is 0 Å². The first-order chi connectivity index (χ1) is 7.34. The predicted molar refractivity (Wildman–Crippen MR) is 59.4 cm³/mol. The molecule has 0 atom stereocenters. The van der Waals surface area contributed by atoms with Gasteiger partial charge in [-0.05, 0) is 23.7 Å². The molecule has 1 aromatic carbocycles. The third-order valence-corrected chi connectivity index (χ3v) is 2.91. The van der Waals surface area contributed by atoms with Crippen LogP contribution in [0.2, 0.25) is 0 Å². The molecule has 2 aromatic heterocycles. The van der Waals surface area contributed by atoms with Crippen molar-refractivity contribution < 1.29 is 0 Å². The number of nitrogens with zero attached hydrogens (tertiary/aromatic N) is 3. The molecular formula is C9H7N5S. The van der Waals surface area contributed by atoms with E-state index in [0.29, 0.717) is 5.69 Å². The Kier molecular flexibility index (Phi) is 1.69. The second kappa shape index (κ2) is 3.03. The van der Waals surface area contributed by atoms with Crippen molar-refractivity contribution >= 4 is 28.1 Å². The molecule has 0 aliphatic rings. The first-order valence-corrected chi connectivity index (χ1v) is 5.11. The molecule has 0 amide bonds. The van der Waals surface area contributed by atoms with Crippen LogP contribution in [0, 0.1) is 0 Å². The first-order valence-electron chi connectivity index (χ1n) is 4.34. The van der Waals surface area contributed by atoms with Crippen LogP contribution in [0.5, 0.6) is 0 Å². The van der Waals surface area contributed by atoms with Crippen LogP contribution in [-0.2, 0) is 0 Å². The number of aromatic nitrogens is 4. The second-order valence-corrected chi connectivity index (χ2v) is 3.92. The standard InChI is InChI=1S/C9H7N5S/c10-7-1-5(9-11-4-13-15-9)2-8-6(7)3-12-14-8/h1-4H,10H2,(H,12,14). The normalized spacial score (nSPS) is 10.9. The summed E-state index contributed by atoms with van der Waals surface area (Å²) in [5, 5.41) is 8.63. The summed E-state index contributed by atoms with van der Waals surface area (Å²) < 4.78 is 3.96. The Hall–Kier alpha value is -1.95. The van der Waals surface area contributed by atoms with E-state index in [-0.39, 0.29) is 0 Å². The second-order valence-electron chi connectivity index (χ2n) is 3.14. The summed E-state index contributed by atoms with van der Waals surface area (Å²) in [7, 11) is 0. The number of nitrogens with one attached hydrogen (secondary N) is 1. The van der Waals surface area contributed by atoms with Gasteiger partial charge in [-0.2, -0.15) is 9.47 Å². The van der Waals surface area contributed by atoms with Gasteiger partial charge in [-0.1, -0.05) is 0 Å². The fourth-order valence-electron chi connectivity index (χ4n) is 1.50. The highest BCUT2D eigenvalue weighted by Crippen LogP contribution is 2.28. The average molecular weight is 217 g/mol. The number of aromatic amines is 1. The van der Waals surface area contributed by atoms with Gasteiger partial charge in [-0.3, -0.25) is 5.10 Å². The molecule has 15 heavy (non-hydrogen) atoms. The van der Waals surface area contributed by atoms with Gasteiger partial charge in [0.25, 0.3) is 0 Å². The molecule has 0 bridgehead atoms. The summed E-state index contributed by atoms with van der Waals surface area (Å²) in [5.41, 5.74) is 8.49. The Morgan fingerprint density at radius 2 is 2.27 bits per heavy atom. The molecule has 0 saturated heterocycles. The van der Waals surface area contributed by atoms with Crippen LogP contribution in [0.25, 0.3) is 21.5 Å². The summed E-state index contributed by atoms with van der Waals surface area (Å²) in [6.07, 6.45) is 3.25. The van der Waals surface area contributed by atoms with Crippen LogP contribution in [0.3, 0.4) is 0 Å². The topological polar surface area (TPSA) is 80.5 Å². The van der Waals surface area contributed by atoms with Crippen molar-refractivity contribution in [1.82, 2.24) is 19.6 Å². The van der Waals surface area contributed by atoms with Crippen molar-refractivity contribution in [2.75, 3.05) is 5.73 Å². The molecule has 0 aliphatic heterocycles. The van der Waals surface area contributed by atoms with Crippen molar-refractivity contribution in [1.29, 1.82) is 0 Å². The summed E-state index contributed by atoms with van der Waals surface area (Å²) in [6, 6.07) is 3.86. The number of hydrogen-bond acceptors (Lipinski definition) is 5. The summed E-state index contributed by atoms with van der Waals surface area (Å²) >= 11 is 1.34. The molecule has 0 spiro atoms. The number of rotatable bonds is 1. The zero-order valence-electron chi connectivity index (χ0n) is 7.64. The van der Waals surface area contributed by atoms with Gasteiger partial charge in [-0.15, -0.1) is 0 Å². The molecular weight excluding hydrogens is 210 g/mol. The molecule has 3 N–H and O–H groups in total. The zero-order valence-corrected chi connectivity index (χ0v) is 8.45. The largest absolute Gasteiger partial charge is 0.398 e. The molecule has 0 aliphatic carbocycles. The number of benzene rings is 1. The molecule has 3 aromatic rings. The van der Waals surface area contributed by atoms with Crippen LogP contribution in [0.15, 0.2) is 24.7 Å². The molecule has 5 nitrogen and oxygen atoms in total. The Bertz CT molecular complexity index is 598. The molecule has 3 rings (SSSR count). The van der Waals surface area contributed by atoms with E-state index in [1.165, 1.54) is 17.9 Å². The highest BCUT2D eigenvalue weighted by atomic mass is 32.1. The number of hydrogen-bond donors (Lipinski definition) is 2. The number of anilines is 1. The highest BCUT2D eigenvalue weighted by Gasteiger charge is 2.06. The van der Waals surface area contributed by atoms with Crippen molar-refractivity contribution in [3.8, 4) is 10.6 Å². The van der Waals surface area contributed by atoms with Crippen molar-refractivity contribution in [2.24, 2.45) is 0 Å². The van der Waals surface area contributed by atoms with Crippen molar-refractivity contribution in [3.63, 3.8) is 0 Å². The van der Waals surface area contributed by atoms with Gasteiger partial charge in [0.05, 0.1) is 11.7 Å². The van der Waals surface area contributed by atoms with E-state index in [1.807, 2.05) is 12.1 Å². The molecule has 0 fully saturated rings. The molecule has 6 heteroatoms. The molecule has 0 saturated carbocycles. The van der Waals surface area contributed by atoms with Gasteiger partial charge in [0.15, 0.2) is 0 Å². The molecule has 0 unspecified atom stereocenters. The minimum Gasteiger partial charge on any atom is -0.398 e. The third kappa shape index (κ3) is 1.26. The van der Waals surface area contributed by atoms with Gasteiger partial charge in [-0.25, -0.2) is 4.98 Å². The maximum Gasteiger partial charge on any atom is 0.143 e. The zero-order chi connectivity index (χ0) is 10.3. The molecule has 74 valence electrons. The van der Waals surface area contributed by atoms with E-state index < -0.39 is 0 Å². The minimum atomic E-state index is 0.700. The highest BCUT2D eigenvalue weighted by molar-refractivity contribution is 7.09. The fraction of sp³-hybridized carbons (Fsp3) is 0. The van der Waals surface area contributed by atoms with E-state index in [1.54, 1.807) is 6.20 Å². The lowest BCUT2D eigenvalue weighted by Gasteiger charge is -1.99. The predicted octanol–water partition coefficient (Wildman–Crippen LogP) is 1.66. The Morgan fingerprint density at radius 1 is 1.33 bits per heavy atom. The minimum absolute atomic E-state index is 0.700. The maximum atomic E-state index is 5.90. The van der Waals surface area contributed by atoms with Gasteiger partial charge in [0, 0.05) is 16.6 Å². The summed E-state index contributed by atoms with van der Waals surface area (Å²) in [4.78, 5) is 4.14. The number of nitrogens with two attached hydrogens (primary N) is 1. The maximum absolute atomic E-state index is 5.90. The quantitative estimate of drug-likeness (QED) is 0.607. The first kappa shape index (κ1) is 8.37. The van der Waals surface area contributed by atoms with Crippen LogP contribution >= 0.6 is 11.5 Å². The monoisotopic (exact) mass is 217 g/mol. The van der Waals surface area contributed by atoms with Crippen LogP contribution < -0.4 is 5.73 Å². The Balaban J connectivity index is 2.29. The molecule has 2 heterocycles. The fourth-order valence-corrected chi connectivity index (χ4v) is 2.01. The van der Waals surface area contributed by atoms with Crippen molar-refractivity contribution in [2.45, 2.75) is 0 Å². The van der Waals surface area contributed by atoms with Gasteiger partial charge < -0.3 is 5.73 Å². The summed E-state index contributed by atoms with van der Waals surface area (Å²) in [6.45, 7) is 0. The number of nitrogen functional groups attached to an aromatic ring is 1. The van der Waals surface area contributed by atoms with Crippen LogP contribution in [0.1, 0.15) is 0 Å². The lowest BCUT2D eigenvalue weighted by Crippen LogP contribution is -1.87. The lowest BCUT2D eigenvalue weighted by molar-refractivity contribution is 1.12. The van der Waals surface area contributed by atoms with E-state index in [4.69, 9.17) is 5.73 Å².